The van der Waals surface area contributed by atoms with Crippen LogP contribution in [0.4, 0.5) is 4.39 Å². The van der Waals surface area contributed by atoms with Gasteiger partial charge in [0.05, 0.1) is 0 Å². The van der Waals surface area contributed by atoms with Crippen LogP contribution in [0.3, 0.4) is 0 Å². The van der Waals surface area contributed by atoms with Crippen LogP contribution in [0.25, 0.3) is 0 Å². The lowest BCUT2D eigenvalue weighted by Gasteiger charge is -2.21. The number of rotatable bonds is 7. The van der Waals surface area contributed by atoms with Crippen molar-refractivity contribution in [1.82, 2.24) is 0 Å². The second-order valence-corrected chi connectivity index (χ2v) is 9.25. The van der Waals surface area contributed by atoms with E-state index in [-0.39, 0.29) is 11.7 Å². The summed E-state index contributed by atoms with van der Waals surface area (Å²) in [4.78, 5) is 0. The molecule has 158 valence electrons. The highest BCUT2D eigenvalue weighted by Crippen LogP contribution is 2.33. The third-order valence-corrected chi connectivity index (χ3v) is 6.68. The van der Waals surface area contributed by atoms with Crippen LogP contribution in [0.2, 0.25) is 5.02 Å². The van der Waals surface area contributed by atoms with Gasteiger partial charge in [-0.15, -0.1) is 0 Å². The molecule has 0 aliphatic carbocycles. The first-order valence-corrected chi connectivity index (χ1v) is 11.3. The SMILES string of the molecule is Cc1c(CC(C)c2cccc(F)c2)cccc1C(C)Cc1cccc(C(C)C)c1Cl. The minimum absolute atomic E-state index is 0.168. The van der Waals surface area contributed by atoms with Crippen molar-refractivity contribution in [1.29, 1.82) is 0 Å². The molecule has 0 aliphatic heterocycles. The van der Waals surface area contributed by atoms with E-state index < -0.39 is 0 Å². The molecule has 0 aliphatic rings. The summed E-state index contributed by atoms with van der Waals surface area (Å²) in [5, 5.41) is 0.910. The summed E-state index contributed by atoms with van der Waals surface area (Å²) in [6.07, 6.45) is 1.82. The van der Waals surface area contributed by atoms with Crippen molar-refractivity contribution in [3.05, 3.63) is 105 Å². The molecule has 0 N–H and O–H groups in total. The predicted molar refractivity (Wildman–Crippen MR) is 127 cm³/mol. The Hall–Kier alpha value is -2.12. The highest BCUT2D eigenvalue weighted by molar-refractivity contribution is 6.32. The normalized spacial score (nSPS) is 13.5. The summed E-state index contributed by atoms with van der Waals surface area (Å²) in [6.45, 7) is 11.0. The highest BCUT2D eigenvalue weighted by atomic mass is 35.5. The van der Waals surface area contributed by atoms with E-state index in [9.17, 15) is 4.39 Å². The molecule has 0 heterocycles. The molecule has 0 saturated carbocycles. The van der Waals surface area contributed by atoms with Gasteiger partial charge < -0.3 is 0 Å². The summed E-state index contributed by atoms with van der Waals surface area (Å²) >= 11 is 6.73. The average molecular weight is 423 g/mol. The Bertz CT molecular complexity index is 1010. The van der Waals surface area contributed by atoms with E-state index in [4.69, 9.17) is 11.6 Å². The second-order valence-electron chi connectivity index (χ2n) is 8.87. The second kappa shape index (κ2) is 9.79. The molecular weight excluding hydrogens is 391 g/mol. The summed E-state index contributed by atoms with van der Waals surface area (Å²) in [6, 6.07) is 19.9. The van der Waals surface area contributed by atoms with Gasteiger partial charge in [0.1, 0.15) is 5.82 Å². The molecular formula is C28H32ClF. The first-order valence-electron chi connectivity index (χ1n) is 10.9. The monoisotopic (exact) mass is 422 g/mol. The smallest absolute Gasteiger partial charge is 0.123 e. The first kappa shape index (κ1) is 22.6. The van der Waals surface area contributed by atoms with Crippen LogP contribution in [0.5, 0.6) is 0 Å². The van der Waals surface area contributed by atoms with E-state index in [1.807, 2.05) is 6.07 Å². The van der Waals surface area contributed by atoms with Crippen LogP contribution in [0.15, 0.2) is 60.7 Å². The maximum atomic E-state index is 13.6. The quantitative estimate of drug-likeness (QED) is 0.357. The van der Waals surface area contributed by atoms with E-state index in [1.165, 1.54) is 33.9 Å². The van der Waals surface area contributed by atoms with Crippen molar-refractivity contribution < 1.29 is 4.39 Å². The Morgan fingerprint density at radius 3 is 2.03 bits per heavy atom. The van der Waals surface area contributed by atoms with Crippen molar-refractivity contribution in [2.75, 3.05) is 0 Å². The lowest BCUT2D eigenvalue weighted by molar-refractivity contribution is 0.620. The predicted octanol–water partition coefficient (Wildman–Crippen LogP) is 8.60. The van der Waals surface area contributed by atoms with Crippen molar-refractivity contribution in [3.8, 4) is 0 Å². The maximum Gasteiger partial charge on any atom is 0.123 e. The van der Waals surface area contributed by atoms with Crippen LogP contribution in [-0.4, -0.2) is 0 Å². The molecule has 0 spiro atoms. The van der Waals surface area contributed by atoms with Crippen LogP contribution < -0.4 is 0 Å². The Morgan fingerprint density at radius 2 is 1.37 bits per heavy atom. The Balaban J connectivity index is 1.81. The zero-order chi connectivity index (χ0) is 21.8. The van der Waals surface area contributed by atoms with Crippen LogP contribution in [-0.2, 0) is 12.8 Å². The van der Waals surface area contributed by atoms with Gasteiger partial charge in [-0.3, -0.25) is 0 Å². The van der Waals surface area contributed by atoms with Crippen molar-refractivity contribution in [2.45, 2.75) is 65.2 Å². The standard InChI is InChI=1S/C28H32ClF/c1-18(2)26-13-8-11-24(28(26)29)16-20(4)27-14-7-10-23(21(27)5)15-19(3)22-9-6-12-25(30)17-22/h6-14,17-20H,15-16H2,1-5H3. The summed E-state index contributed by atoms with van der Waals surface area (Å²) < 4.78 is 13.6. The molecule has 3 rings (SSSR count). The van der Waals surface area contributed by atoms with Crippen LogP contribution >= 0.6 is 11.6 Å². The van der Waals surface area contributed by atoms with Crippen LogP contribution in [0.1, 0.15) is 78.8 Å². The molecule has 2 atom stereocenters. The summed E-state index contributed by atoms with van der Waals surface area (Å²) in [7, 11) is 0. The Kier molecular flexibility index (Phi) is 7.36. The number of benzene rings is 3. The lowest BCUT2D eigenvalue weighted by atomic mass is 9.85. The molecule has 0 amide bonds. The van der Waals surface area contributed by atoms with E-state index >= 15 is 0 Å². The largest absolute Gasteiger partial charge is 0.207 e. The van der Waals surface area contributed by atoms with Gasteiger partial charge in [-0.1, -0.05) is 87.8 Å². The van der Waals surface area contributed by atoms with Gasteiger partial charge >= 0.3 is 0 Å². The number of hydrogen-bond acceptors (Lipinski definition) is 0. The molecule has 0 aromatic heterocycles. The van der Waals surface area contributed by atoms with E-state index in [1.54, 1.807) is 12.1 Å². The van der Waals surface area contributed by atoms with Crippen molar-refractivity contribution in [3.63, 3.8) is 0 Å². The maximum absolute atomic E-state index is 13.6. The molecule has 0 saturated heterocycles. The van der Waals surface area contributed by atoms with Gasteiger partial charge in [0, 0.05) is 5.02 Å². The molecule has 0 nitrogen and oxygen atoms in total. The fraction of sp³-hybridized carbons (Fsp3) is 0.357. The third-order valence-electron chi connectivity index (χ3n) is 6.22. The zero-order valence-corrected chi connectivity index (χ0v) is 19.4. The molecule has 2 heteroatoms. The van der Waals surface area contributed by atoms with Gasteiger partial charge in [0.25, 0.3) is 0 Å². The van der Waals surface area contributed by atoms with E-state index in [0.717, 1.165) is 23.4 Å². The van der Waals surface area contributed by atoms with Gasteiger partial charge in [0.15, 0.2) is 0 Å². The number of halogens is 2. The molecule has 3 aromatic rings. The number of hydrogen-bond donors (Lipinski definition) is 0. The van der Waals surface area contributed by atoms with E-state index in [2.05, 4.69) is 71.0 Å². The fourth-order valence-electron chi connectivity index (χ4n) is 4.36. The molecule has 0 radical (unpaired) electrons. The topological polar surface area (TPSA) is 0 Å². The molecule has 0 fully saturated rings. The Morgan fingerprint density at radius 1 is 0.767 bits per heavy atom. The van der Waals surface area contributed by atoms with Gasteiger partial charge in [0.2, 0.25) is 0 Å². The summed E-state index contributed by atoms with van der Waals surface area (Å²) in [5.74, 6) is 0.887. The molecule has 2 unspecified atom stereocenters. The molecule has 0 bridgehead atoms. The summed E-state index contributed by atoms with van der Waals surface area (Å²) in [5.41, 5.74) is 7.52. The average Bonchev–Trinajstić information content (AvgIpc) is 2.70. The minimum atomic E-state index is -0.168. The first-order chi connectivity index (χ1) is 14.3. The van der Waals surface area contributed by atoms with Crippen molar-refractivity contribution >= 4 is 11.6 Å². The molecule has 30 heavy (non-hydrogen) atoms. The van der Waals surface area contributed by atoms with Gasteiger partial charge in [-0.05, 0) is 83.0 Å². The molecule has 3 aromatic carbocycles. The Labute approximate surface area is 186 Å². The van der Waals surface area contributed by atoms with E-state index in [0.29, 0.717) is 11.8 Å². The highest BCUT2D eigenvalue weighted by Gasteiger charge is 2.17. The zero-order valence-electron chi connectivity index (χ0n) is 18.7. The fourth-order valence-corrected chi connectivity index (χ4v) is 4.78. The van der Waals surface area contributed by atoms with Gasteiger partial charge in [-0.2, -0.15) is 0 Å². The third kappa shape index (κ3) is 5.13. The lowest BCUT2D eigenvalue weighted by Crippen LogP contribution is -2.06. The van der Waals surface area contributed by atoms with Gasteiger partial charge in [-0.25, -0.2) is 4.39 Å². The minimum Gasteiger partial charge on any atom is -0.207 e. The van der Waals surface area contributed by atoms with Crippen molar-refractivity contribution in [2.24, 2.45) is 0 Å². The van der Waals surface area contributed by atoms with Crippen LogP contribution in [0, 0.1) is 12.7 Å².